The molecule has 0 aliphatic heterocycles. The third-order valence-corrected chi connectivity index (χ3v) is 4.72. The van der Waals surface area contributed by atoms with Gasteiger partial charge in [0.2, 0.25) is 0 Å². The maximum atomic E-state index is 12.3. The fourth-order valence-electron chi connectivity index (χ4n) is 2.56. The monoisotopic (exact) mass is 476 g/mol. The summed E-state index contributed by atoms with van der Waals surface area (Å²) in [5.41, 5.74) is 2.98. The van der Waals surface area contributed by atoms with E-state index in [2.05, 4.69) is 26.5 Å². The van der Waals surface area contributed by atoms with Gasteiger partial charge in [-0.2, -0.15) is 5.10 Å². The summed E-state index contributed by atoms with van der Waals surface area (Å²) in [6.45, 7) is -0.531. The Hall–Kier alpha value is -3.10. The number of phenols is 1. The minimum Gasteiger partial charge on any atom is -0.507 e. The zero-order chi connectivity index (χ0) is 21.0. The highest BCUT2D eigenvalue weighted by molar-refractivity contribution is 9.10. The summed E-state index contributed by atoms with van der Waals surface area (Å²) in [6.07, 6.45) is 1.35. The zero-order valence-corrected chi connectivity index (χ0v) is 17.1. The predicted molar refractivity (Wildman–Crippen MR) is 113 cm³/mol. The first-order chi connectivity index (χ1) is 13.8. The number of phenolic OH excluding ortho intramolecular Hbond substituents is 1. The van der Waals surface area contributed by atoms with Crippen molar-refractivity contribution >= 4 is 56.4 Å². The molecule has 0 radical (unpaired) electrons. The van der Waals surface area contributed by atoms with Crippen LogP contribution in [-0.4, -0.2) is 34.9 Å². The van der Waals surface area contributed by atoms with Gasteiger partial charge in [-0.1, -0.05) is 35.9 Å². The van der Waals surface area contributed by atoms with Crippen LogP contribution >= 0.6 is 27.5 Å². The second-order valence-electron chi connectivity index (χ2n) is 5.91. The van der Waals surface area contributed by atoms with Crippen LogP contribution in [0, 0.1) is 0 Å². The molecule has 3 rings (SSSR count). The van der Waals surface area contributed by atoms with Crippen LogP contribution in [0.2, 0.25) is 5.02 Å². The molecule has 0 heterocycles. The highest BCUT2D eigenvalue weighted by atomic mass is 79.9. The number of benzene rings is 3. The average molecular weight is 478 g/mol. The van der Waals surface area contributed by atoms with Crippen molar-refractivity contribution in [2.45, 2.75) is 0 Å². The number of aliphatic carboxylic acids is 1. The van der Waals surface area contributed by atoms with Gasteiger partial charge in [0.15, 0.2) is 12.4 Å². The Bertz CT molecular complexity index is 1110. The van der Waals surface area contributed by atoms with Crippen molar-refractivity contribution in [3.05, 3.63) is 69.2 Å². The Morgan fingerprint density at radius 1 is 1.17 bits per heavy atom. The fourth-order valence-corrected chi connectivity index (χ4v) is 3.55. The Morgan fingerprint density at radius 2 is 1.86 bits per heavy atom. The molecule has 148 valence electrons. The van der Waals surface area contributed by atoms with E-state index in [0.717, 1.165) is 10.8 Å². The van der Waals surface area contributed by atoms with Gasteiger partial charge in [0.25, 0.3) is 5.91 Å². The number of carboxylic acid groups (broad SMARTS) is 1. The quantitative estimate of drug-likeness (QED) is 0.364. The Labute approximate surface area is 178 Å². The third kappa shape index (κ3) is 5.04. The van der Waals surface area contributed by atoms with Gasteiger partial charge < -0.3 is 14.9 Å². The van der Waals surface area contributed by atoms with Crippen molar-refractivity contribution < 1.29 is 24.5 Å². The van der Waals surface area contributed by atoms with E-state index in [1.165, 1.54) is 18.3 Å². The molecule has 29 heavy (non-hydrogen) atoms. The van der Waals surface area contributed by atoms with Gasteiger partial charge in [-0.3, -0.25) is 4.79 Å². The molecule has 0 saturated heterocycles. The molecule has 3 aromatic rings. The number of aromatic hydroxyl groups is 1. The molecule has 0 aliphatic rings. The molecular weight excluding hydrogens is 464 g/mol. The van der Waals surface area contributed by atoms with Gasteiger partial charge >= 0.3 is 5.97 Å². The molecule has 0 saturated carbocycles. The summed E-state index contributed by atoms with van der Waals surface area (Å²) in [5.74, 6) is -1.66. The van der Waals surface area contributed by atoms with E-state index < -0.39 is 18.5 Å². The van der Waals surface area contributed by atoms with Crippen LogP contribution in [0.3, 0.4) is 0 Å². The fraction of sp³-hybridized carbons (Fsp3) is 0.0500. The van der Waals surface area contributed by atoms with E-state index in [4.69, 9.17) is 21.4 Å². The molecule has 0 aromatic heterocycles. The molecule has 0 spiro atoms. The standard InChI is InChI=1S/C20H14BrClN2O5/c21-15-5-11(6-16(22)19(15)29-10-18(26)27)9-23-24-20(28)14-7-12-3-1-2-4-13(12)8-17(14)25/h1-9,25H,10H2,(H,24,28)(H,26,27). The number of carbonyl (C=O) groups is 2. The van der Waals surface area contributed by atoms with Gasteiger partial charge in [-0.15, -0.1) is 0 Å². The van der Waals surface area contributed by atoms with Crippen molar-refractivity contribution in [1.29, 1.82) is 0 Å². The number of nitrogens with zero attached hydrogens (tertiary/aromatic N) is 1. The Morgan fingerprint density at radius 3 is 2.52 bits per heavy atom. The van der Waals surface area contributed by atoms with E-state index in [9.17, 15) is 14.7 Å². The normalized spacial score (nSPS) is 11.0. The predicted octanol–water partition coefficient (Wildman–Crippen LogP) is 4.19. The van der Waals surface area contributed by atoms with Crippen molar-refractivity contribution in [3.63, 3.8) is 0 Å². The molecule has 7 nitrogen and oxygen atoms in total. The van der Waals surface area contributed by atoms with E-state index >= 15 is 0 Å². The number of hydrazone groups is 1. The minimum absolute atomic E-state index is 0.0949. The molecule has 3 aromatic carbocycles. The van der Waals surface area contributed by atoms with Crippen LogP contribution in [0.4, 0.5) is 0 Å². The SMILES string of the molecule is O=C(O)COc1c(Cl)cc(C=NNC(=O)c2cc3ccccc3cc2O)cc1Br. The largest absolute Gasteiger partial charge is 0.507 e. The summed E-state index contributed by atoms with van der Waals surface area (Å²) in [6, 6.07) is 13.6. The zero-order valence-electron chi connectivity index (χ0n) is 14.7. The summed E-state index contributed by atoms with van der Waals surface area (Å²) in [7, 11) is 0. The third-order valence-electron chi connectivity index (χ3n) is 3.85. The summed E-state index contributed by atoms with van der Waals surface area (Å²) >= 11 is 9.36. The molecule has 0 bridgehead atoms. The summed E-state index contributed by atoms with van der Waals surface area (Å²) in [5, 5.41) is 24.5. The van der Waals surface area contributed by atoms with Crippen molar-refractivity contribution in [3.8, 4) is 11.5 Å². The molecule has 3 N–H and O–H groups in total. The molecule has 0 fully saturated rings. The van der Waals surface area contributed by atoms with Crippen LogP contribution in [0.25, 0.3) is 10.8 Å². The number of hydrogen-bond donors (Lipinski definition) is 3. The number of carboxylic acids is 1. The van der Waals surface area contributed by atoms with E-state index in [-0.39, 0.29) is 22.1 Å². The van der Waals surface area contributed by atoms with Crippen LogP contribution in [0.15, 0.2) is 58.1 Å². The highest BCUT2D eigenvalue weighted by Gasteiger charge is 2.13. The molecule has 0 aliphatic carbocycles. The van der Waals surface area contributed by atoms with Gasteiger partial charge in [-0.05, 0) is 56.5 Å². The topological polar surface area (TPSA) is 108 Å². The minimum atomic E-state index is -1.13. The number of amides is 1. The maximum absolute atomic E-state index is 12.3. The lowest BCUT2D eigenvalue weighted by Gasteiger charge is -2.09. The highest BCUT2D eigenvalue weighted by Crippen LogP contribution is 2.34. The molecule has 0 unspecified atom stereocenters. The van der Waals surface area contributed by atoms with Crippen LogP contribution in [0.5, 0.6) is 11.5 Å². The van der Waals surface area contributed by atoms with Gasteiger partial charge in [0, 0.05) is 0 Å². The number of nitrogens with one attached hydrogen (secondary N) is 1. The maximum Gasteiger partial charge on any atom is 0.341 e. The second-order valence-corrected chi connectivity index (χ2v) is 7.17. The number of hydrogen-bond acceptors (Lipinski definition) is 5. The number of ether oxygens (including phenoxy) is 1. The first-order valence-electron chi connectivity index (χ1n) is 8.24. The number of rotatable bonds is 6. The molecule has 0 atom stereocenters. The molecular formula is C20H14BrClN2O5. The van der Waals surface area contributed by atoms with Crippen LogP contribution in [-0.2, 0) is 4.79 Å². The lowest BCUT2D eigenvalue weighted by molar-refractivity contribution is -0.139. The lowest BCUT2D eigenvalue weighted by Crippen LogP contribution is -2.17. The number of fused-ring (bicyclic) bond motifs is 1. The first kappa shape index (κ1) is 20.6. The van der Waals surface area contributed by atoms with Crippen molar-refractivity contribution in [1.82, 2.24) is 5.43 Å². The first-order valence-corrected chi connectivity index (χ1v) is 9.41. The summed E-state index contributed by atoms with van der Waals surface area (Å²) in [4.78, 5) is 23.0. The van der Waals surface area contributed by atoms with E-state index in [0.29, 0.717) is 10.0 Å². The lowest BCUT2D eigenvalue weighted by atomic mass is 10.1. The Kier molecular flexibility index (Phi) is 6.36. The second kappa shape index (κ2) is 8.93. The van der Waals surface area contributed by atoms with Gasteiger partial charge in [-0.25, -0.2) is 10.2 Å². The van der Waals surface area contributed by atoms with Crippen molar-refractivity contribution in [2.24, 2.45) is 5.10 Å². The smallest absolute Gasteiger partial charge is 0.341 e. The van der Waals surface area contributed by atoms with Crippen LogP contribution in [0.1, 0.15) is 15.9 Å². The van der Waals surface area contributed by atoms with Gasteiger partial charge in [0.05, 0.1) is 21.3 Å². The van der Waals surface area contributed by atoms with Gasteiger partial charge in [0.1, 0.15) is 5.75 Å². The number of carbonyl (C=O) groups excluding carboxylic acids is 1. The average Bonchev–Trinajstić information content (AvgIpc) is 2.66. The number of halogens is 2. The van der Waals surface area contributed by atoms with Crippen LogP contribution < -0.4 is 10.2 Å². The summed E-state index contributed by atoms with van der Waals surface area (Å²) < 4.78 is 5.55. The van der Waals surface area contributed by atoms with E-state index in [1.807, 2.05) is 24.3 Å². The van der Waals surface area contributed by atoms with E-state index in [1.54, 1.807) is 12.1 Å². The molecule has 9 heteroatoms. The Balaban J connectivity index is 1.73. The van der Waals surface area contributed by atoms with Crippen molar-refractivity contribution in [2.75, 3.05) is 6.61 Å². The molecule has 1 amide bonds.